The number of carbonyl (C=O) groups excluding carboxylic acids is 1. The fourth-order valence-electron chi connectivity index (χ4n) is 3.16. The van der Waals surface area contributed by atoms with E-state index in [0.29, 0.717) is 6.54 Å². The Labute approximate surface area is 149 Å². The summed E-state index contributed by atoms with van der Waals surface area (Å²) in [7, 11) is 1.80. The molecule has 0 saturated carbocycles. The number of anilines is 2. The summed E-state index contributed by atoms with van der Waals surface area (Å²) in [5.74, 6) is 0. The molecule has 5 heteroatoms. The van der Waals surface area contributed by atoms with E-state index in [-0.39, 0.29) is 6.03 Å². The monoisotopic (exact) mass is 338 g/mol. The first-order valence-corrected chi connectivity index (χ1v) is 8.98. The van der Waals surface area contributed by atoms with Gasteiger partial charge in [-0.2, -0.15) is 0 Å². The third kappa shape index (κ3) is 4.95. The number of hydrogen-bond donors (Lipinski definition) is 1. The van der Waals surface area contributed by atoms with Gasteiger partial charge in [-0.3, -0.25) is 4.98 Å². The molecule has 0 atom stereocenters. The number of nitrogens with one attached hydrogen (secondary N) is 1. The van der Waals surface area contributed by atoms with Crippen molar-refractivity contribution in [3.8, 4) is 0 Å². The zero-order valence-corrected chi connectivity index (χ0v) is 14.8. The van der Waals surface area contributed by atoms with Crippen LogP contribution in [0.25, 0.3) is 0 Å². The molecule has 3 rings (SSSR count). The number of rotatable bonds is 4. The molecule has 1 aromatic heterocycles. The minimum Gasteiger partial charge on any atom is -0.371 e. The van der Waals surface area contributed by atoms with Crippen molar-refractivity contribution in [2.45, 2.75) is 32.2 Å². The molecule has 1 aromatic carbocycles. The molecule has 2 aromatic rings. The smallest absolute Gasteiger partial charge is 0.321 e. The summed E-state index contributed by atoms with van der Waals surface area (Å²) >= 11 is 0. The first kappa shape index (κ1) is 17.3. The van der Waals surface area contributed by atoms with Gasteiger partial charge in [0.15, 0.2) is 0 Å². The summed E-state index contributed by atoms with van der Waals surface area (Å²) < 4.78 is 0. The van der Waals surface area contributed by atoms with Crippen LogP contribution in [-0.4, -0.2) is 36.1 Å². The standard InChI is InChI=1S/C20H26N4O/c1-23(16-17-9-11-21-12-10-17)20(25)22-18-7-6-8-19(15-18)24-13-4-2-3-5-14-24/h6-12,15H,2-5,13-14,16H2,1H3,(H,22,25). The lowest BCUT2D eigenvalue weighted by atomic mass is 10.2. The Morgan fingerprint density at radius 3 is 2.56 bits per heavy atom. The van der Waals surface area contributed by atoms with Gasteiger partial charge in [0.1, 0.15) is 0 Å². The van der Waals surface area contributed by atoms with Crippen LogP contribution in [0.2, 0.25) is 0 Å². The highest BCUT2D eigenvalue weighted by molar-refractivity contribution is 5.89. The highest BCUT2D eigenvalue weighted by Gasteiger charge is 2.12. The fraction of sp³-hybridized carbons (Fsp3) is 0.400. The molecule has 0 radical (unpaired) electrons. The lowest BCUT2D eigenvalue weighted by molar-refractivity contribution is 0.220. The molecule has 0 bridgehead atoms. The second-order valence-corrected chi connectivity index (χ2v) is 6.59. The summed E-state index contributed by atoms with van der Waals surface area (Å²) in [5, 5.41) is 3.00. The van der Waals surface area contributed by atoms with Gasteiger partial charge in [-0.1, -0.05) is 18.9 Å². The number of pyridine rings is 1. The van der Waals surface area contributed by atoms with E-state index >= 15 is 0 Å². The van der Waals surface area contributed by atoms with E-state index in [0.717, 1.165) is 24.3 Å². The first-order chi connectivity index (χ1) is 12.2. The van der Waals surface area contributed by atoms with Crippen LogP contribution in [-0.2, 0) is 6.54 Å². The first-order valence-electron chi connectivity index (χ1n) is 8.98. The summed E-state index contributed by atoms with van der Waals surface area (Å²) in [6.45, 7) is 2.75. The van der Waals surface area contributed by atoms with Gasteiger partial charge in [-0.15, -0.1) is 0 Å². The predicted octanol–water partition coefficient (Wildman–Crippen LogP) is 4.13. The van der Waals surface area contributed by atoms with Crippen molar-refractivity contribution >= 4 is 17.4 Å². The summed E-state index contributed by atoms with van der Waals surface area (Å²) in [6, 6.07) is 11.9. The van der Waals surface area contributed by atoms with E-state index in [2.05, 4.69) is 27.3 Å². The van der Waals surface area contributed by atoms with Gasteiger partial charge in [-0.05, 0) is 48.7 Å². The van der Waals surface area contributed by atoms with Gasteiger partial charge in [0.2, 0.25) is 0 Å². The molecule has 25 heavy (non-hydrogen) atoms. The van der Waals surface area contributed by atoms with Crippen molar-refractivity contribution in [1.29, 1.82) is 0 Å². The maximum absolute atomic E-state index is 12.4. The number of nitrogens with zero attached hydrogens (tertiary/aromatic N) is 3. The van der Waals surface area contributed by atoms with Crippen LogP contribution < -0.4 is 10.2 Å². The third-order valence-electron chi connectivity index (χ3n) is 4.58. The number of carbonyl (C=O) groups is 1. The summed E-state index contributed by atoms with van der Waals surface area (Å²) in [4.78, 5) is 20.5. The quantitative estimate of drug-likeness (QED) is 0.912. The van der Waals surface area contributed by atoms with Crippen molar-refractivity contribution in [2.24, 2.45) is 0 Å². The average molecular weight is 338 g/mol. The normalized spacial score (nSPS) is 14.7. The van der Waals surface area contributed by atoms with E-state index in [1.807, 2.05) is 24.3 Å². The van der Waals surface area contributed by atoms with Crippen molar-refractivity contribution in [2.75, 3.05) is 30.4 Å². The number of amides is 2. The minimum absolute atomic E-state index is 0.107. The Kier molecular flexibility index (Phi) is 5.88. The number of hydrogen-bond acceptors (Lipinski definition) is 3. The SMILES string of the molecule is CN(Cc1ccncc1)C(=O)Nc1cccc(N2CCCCCC2)c1. The van der Waals surface area contributed by atoms with Crippen LogP contribution in [0.1, 0.15) is 31.2 Å². The zero-order valence-electron chi connectivity index (χ0n) is 14.8. The molecule has 0 aliphatic carbocycles. The summed E-state index contributed by atoms with van der Waals surface area (Å²) in [5.41, 5.74) is 3.09. The van der Waals surface area contributed by atoms with Gasteiger partial charge >= 0.3 is 6.03 Å². The van der Waals surface area contributed by atoms with Crippen molar-refractivity contribution in [1.82, 2.24) is 9.88 Å². The summed E-state index contributed by atoms with van der Waals surface area (Å²) in [6.07, 6.45) is 8.59. The molecule has 0 spiro atoms. The van der Waals surface area contributed by atoms with E-state index in [4.69, 9.17) is 0 Å². The van der Waals surface area contributed by atoms with Crippen LogP contribution in [0.3, 0.4) is 0 Å². The van der Waals surface area contributed by atoms with E-state index in [9.17, 15) is 4.79 Å². The fourth-order valence-corrected chi connectivity index (χ4v) is 3.16. The molecule has 2 amide bonds. The maximum Gasteiger partial charge on any atom is 0.321 e. The van der Waals surface area contributed by atoms with Crippen LogP contribution in [0.15, 0.2) is 48.8 Å². The maximum atomic E-state index is 12.4. The average Bonchev–Trinajstić information content (AvgIpc) is 2.92. The van der Waals surface area contributed by atoms with Gasteiger partial charge in [0.25, 0.3) is 0 Å². The van der Waals surface area contributed by atoms with Gasteiger partial charge < -0.3 is 15.1 Å². The lowest BCUT2D eigenvalue weighted by Crippen LogP contribution is -2.31. The number of urea groups is 1. The van der Waals surface area contributed by atoms with E-state index in [1.54, 1.807) is 24.3 Å². The van der Waals surface area contributed by atoms with Crippen LogP contribution in [0, 0.1) is 0 Å². The minimum atomic E-state index is -0.107. The van der Waals surface area contributed by atoms with E-state index < -0.39 is 0 Å². The Morgan fingerprint density at radius 2 is 1.84 bits per heavy atom. The zero-order chi connectivity index (χ0) is 17.5. The topological polar surface area (TPSA) is 48.5 Å². The Bertz CT molecular complexity index is 681. The Hall–Kier alpha value is -2.56. The van der Waals surface area contributed by atoms with E-state index in [1.165, 1.54) is 31.4 Å². The molecule has 1 saturated heterocycles. The highest BCUT2D eigenvalue weighted by atomic mass is 16.2. The van der Waals surface area contributed by atoms with Gasteiger partial charge in [0.05, 0.1) is 0 Å². The molecular weight excluding hydrogens is 312 g/mol. The van der Waals surface area contributed by atoms with Crippen LogP contribution >= 0.6 is 0 Å². The molecule has 2 heterocycles. The lowest BCUT2D eigenvalue weighted by Gasteiger charge is -2.24. The van der Waals surface area contributed by atoms with Crippen molar-refractivity contribution in [3.63, 3.8) is 0 Å². The molecule has 1 aliphatic heterocycles. The molecular formula is C20H26N4O. The molecule has 1 N–H and O–H groups in total. The molecule has 1 aliphatic rings. The predicted molar refractivity (Wildman–Crippen MR) is 102 cm³/mol. The highest BCUT2D eigenvalue weighted by Crippen LogP contribution is 2.23. The van der Waals surface area contributed by atoms with Gasteiger partial charge in [-0.25, -0.2) is 4.79 Å². The number of benzene rings is 1. The third-order valence-corrected chi connectivity index (χ3v) is 4.58. The number of aromatic nitrogens is 1. The van der Waals surface area contributed by atoms with Gasteiger partial charge in [0, 0.05) is 50.5 Å². The molecule has 5 nitrogen and oxygen atoms in total. The second-order valence-electron chi connectivity index (χ2n) is 6.59. The largest absolute Gasteiger partial charge is 0.371 e. The van der Waals surface area contributed by atoms with Crippen molar-refractivity contribution < 1.29 is 4.79 Å². The Morgan fingerprint density at radius 1 is 1.12 bits per heavy atom. The molecule has 1 fully saturated rings. The Balaban J connectivity index is 1.62. The molecule has 132 valence electrons. The second kappa shape index (κ2) is 8.51. The van der Waals surface area contributed by atoms with Crippen LogP contribution in [0.5, 0.6) is 0 Å². The van der Waals surface area contributed by atoms with Crippen molar-refractivity contribution in [3.05, 3.63) is 54.4 Å². The molecule has 0 unspecified atom stereocenters. The van der Waals surface area contributed by atoms with Crippen LogP contribution in [0.4, 0.5) is 16.2 Å².